The molecule has 0 aliphatic rings. The van der Waals surface area contributed by atoms with E-state index < -0.39 is 11.9 Å². The van der Waals surface area contributed by atoms with Crippen LogP contribution in [-0.4, -0.2) is 35.1 Å². The Morgan fingerprint density at radius 2 is 2.11 bits per heavy atom. The van der Waals surface area contributed by atoms with Gasteiger partial charge in [-0.2, -0.15) is 0 Å². The van der Waals surface area contributed by atoms with Gasteiger partial charge in [-0.05, 0) is 18.1 Å². The van der Waals surface area contributed by atoms with Crippen molar-refractivity contribution in [1.29, 1.82) is 0 Å². The average molecular weight is 251 g/mol. The Balaban J connectivity index is 2.90. The van der Waals surface area contributed by atoms with Gasteiger partial charge in [-0.15, -0.1) is 0 Å². The Morgan fingerprint density at radius 3 is 2.50 bits per heavy atom. The minimum absolute atomic E-state index is 0.0256. The van der Waals surface area contributed by atoms with Crippen LogP contribution in [0, 0.1) is 5.92 Å². The molecule has 0 aliphatic heterocycles. The fourth-order valence-corrected chi connectivity index (χ4v) is 1.59. The van der Waals surface area contributed by atoms with Gasteiger partial charge in [-0.1, -0.05) is 13.8 Å². The Bertz CT molecular complexity index is 429. The molecule has 0 aliphatic carbocycles. The fraction of sp³-hybridized carbons (Fsp3) is 0.417. The van der Waals surface area contributed by atoms with Crippen LogP contribution in [0.1, 0.15) is 24.3 Å². The summed E-state index contributed by atoms with van der Waals surface area (Å²) < 4.78 is 0. The number of primary amides is 1. The van der Waals surface area contributed by atoms with Gasteiger partial charge in [0.05, 0.1) is 18.4 Å². The highest BCUT2D eigenvalue weighted by Crippen LogP contribution is 2.14. The number of hydrogen-bond acceptors (Lipinski definition) is 4. The second-order valence-corrected chi connectivity index (χ2v) is 4.45. The van der Waals surface area contributed by atoms with Crippen molar-refractivity contribution < 1.29 is 14.7 Å². The molecule has 0 saturated heterocycles. The summed E-state index contributed by atoms with van der Waals surface area (Å²) in [4.78, 5) is 27.3. The van der Waals surface area contributed by atoms with Crippen molar-refractivity contribution in [3.63, 3.8) is 0 Å². The first-order valence-electron chi connectivity index (χ1n) is 5.62. The van der Waals surface area contributed by atoms with Gasteiger partial charge in [0.25, 0.3) is 0 Å². The van der Waals surface area contributed by atoms with E-state index in [1.54, 1.807) is 11.0 Å². The van der Waals surface area contributed by atoms with Gasteiger partial charge < -0.3 is 15.7 Å². The lowest BCUT2D eigenvalue weighted by atomic mass is 10.2. The van der Waals surface area contributed by atoms with Crippen LogP contribution >= 0.6 is 0 Å². The molecule has 0 aromatic carbocycles. The molecule has 3 N–H and O–H groups in total. The molecule has 0 bridgehead atoms. The molecule has 0 unspecified atom stereocenters. The van der Waals surface area contributed by atoms with Crippen LogP contribution in [0.2, 0.25) is 0 Å². The molecule has 0 fully saturated rings. The van der Waals surface area contributed by atoms with Crippen molar-refractivity contribution in [2.24, 2.45) is 11.7 Å². The minimum Gasteiger partial charge on any atom is -0.477 e. The molecule has 1 heterocycles. The summed E-state index contributed by atoms with van der Waals surface area (Å²) in [5.41, 5.74) is 5.85. The molecule has 6 nitrogen and oxygen atoms in total. The first kappa shape index (κ1) is 14.0. The van der Waals surface area contributed by atoms with E-state index >= 15 is 0 Å². The van der Waals surface area contributed by atoms with Gasteiger partial charge >= 0.3 is 5.97 Å². The van der Waals surface area contributed by atoms with E-state index in [2.05, 4.69) is 4.98 Å². The van der Waals surface area contributed by atoms with Crippen LogP contribution in [0.4, 0.5) is 5.69 Å². The van der Waals surface area contributed by atoms with E-state index in [-0.39, 0.29) is 12.2 Å². The molecule has 1 aromatic rings. The smallest absolute Gasteiger partial charge is 0.354 e. The fourth-order valence-electron chi connectivity index (χ4n) is 1.59. The maximum Gasteiger partial charge on any atom is 0.354 e. The highest BCUT2D eigenvalue weighted by atomic mass is 16.4. The molecule has 0 atom stereocenters. The summed E-state index contributed by atoms with van der Waals surface area (Å²) in [5.74, 6) is -1.16. The lowest BCUT2D eigenvalue weighted by molar-refractivity contribution is -0.116. The van der Waals surface area contributed by atoms with Crippen molar-refractivity contribution in [2.45, 2.75) is 13.8 Å². The van der Waals surface area contributed by atoms with E-state index in [0.29, 0.717) is 18.2 Å². The molecule has 98 valence electrons. The van der Waals surface area contributed by atoms with E-state index in [1.165, 1.54) is 12.3 Å². The normalized spacial score (nSPS) is 10.4. The number of carboxylic acids is 1. The van der Waals surface area contributed by atoms with E-state index in [0.717, 1.165) is 0 Å². The number of nitrogens with two attached hydrogens (primary N) is 1. The molecule has 0 radical (unpaired) electrons. The zero-order valence-electron chi connectivity index (χ0n) is 10.5. The van der Waals surface area contributed by atoms with E-state index in [4.69, 9.17) is 10.8 Å². The predicted octanol–water partition coefficient (Wildman–Crippen LogP) is 0.727. The van der Waals surface area contributed by atoms with Crippen molar-refractivity contribution >= 4 is 17.6 Å². The van der Waals surface area contributed by atoms with Gasteiger partial charge in [0.1, 0.15) is 5.69 Å². The average Bonchev–Trinajstić information content (AvgIpc) is 2.27. The highest BCUT2D eigenvalue weighted by Gasteiger charge is 2.12. The summed E-state index contributed by atoms with van der Waals surface area (Å²) >= 11 is 0. The standard InChI is InChI=1S/C12H17N3O3/c1-8(2)6-15(7-11(13)16)9-3-4-10(12(17)18)14-5-9/h3-5,8H,6-7H2,1-2H3,(H2,13,16)(H,17,18). The van der Waals surface area contributed by atoms with Gasteiger partial charge in [-0.25, -0.2) is 9.78 Å². The molecule has 0 spiro atoms. The molecular formula is C12H17N3O3. The monoisotopic (exact) mass is 251 g/mol. The minimum atomic E-state index is -1.08. The van der Waals surface area contributed by atoms with Crippen LogP contribution in [0.3, 0.4) is 0 Å². The highest BCUT2D eigenvalue weighted by molar-refractivity contribution is 5.85. The van der Waals surface area contributed by atoms with Gasteiger partial charge in [0.2, 0.25) is 5.91 Å². The summed E-state index contributed by atoms with van der Waals surface area (Å²) in [7, 11) is 0. The van der Waals surface area contributed by atoms with Crippen LogP contribution < -0.4 is 10.6 Å². The predicted molar refractivity (Wildman–Crippen MR) is 67.4 cm³/mol. The van der Waals surface area contributed by atoms with Crippen LogP contribution in [0.5, 0.6) is 0 Å². The number of rotatable bonds is 6. The first-order valence-corrected chi connectivity index (χ1v) is 5.62. The molecule has 18 heavy (non-hydrogen) atoms. The number of carboxylic acid groups (broad SMARTS) is 1. The number of nitrogens with zero attached hydrogens (tertiary/aromatic N) is 2. The van der Waals surface area contributed by atoms with Gasteiger partial charge in [0, 0.05) is 6.54 Å². The molecule has 1 amide bonds. The topological polar surface area (TPSA) is 96.5 Å². The number of hydrogen-bond donors (Lipinski definition) is 2. The summed E-state index contributed by atoms with van der Waals surface area (Å²) in [5, 5.41) is 8.75. The zero-order valence-corrected chi connectivity index (χ0v) is 10.5. The zero-order chi connectivity index (χ0) is 13.7. The summed E-state index contributed by atoms with van der Waals surface area (Å²) in [6.07, 6.45) is 1.44. The maximum atomic E-state index is 11.0. The Morgan fingerprint density at radius 1 is 1.44 bits per heavy atom. The van der Waals surface area contributed by atoms with Crippen molar-refractivity contribution in [3.05, 3.63) is 24.0 Å². The van der Waals surface area contributed by atoms with E-state index in [9.17, 15) is 9.59 Å². The third-order valence-electron chi connectivity index (χ3n) is 2.26. The SMILES string of the molecule is CC(C)CN(CC(N)=O)c1ccc(C(=O)O)nc1. The third-order valence-corrected chi connectivity index (χ3v) is 2.26. The second kappa shape index (κ2) is 6.00. The Hall–Kier alpha value is -2.11. The number of carbonyl (C=O) groups excluding carboxylic acids is 1. The molecule has 1 rings (SSSR count). The number of anilines is 1. The number of aromatic carboxylic acids is 1. The lowest BCUT2D eigenvalue weighted by Gasteiger charge is -2.24. The van der Waals surface area contributed by atoms with Crippen LogP contribution in [0.15, 0.2) is 18.3 Å². The second-order valence-electron chi connectivity index (χ2n) is 4.45. The van der Waals surface area contributed by atoms with Gasteiger partial charge in [-0.3, -0.25) is 4.79 Å². The lowest BCUT2D eigenvalue weighted by Crippen LogP contribution is -2.36. The van der Waals surface area contributed by atoms with Crippen LogP contribution in [0.25, 0.3) is 0 Å². The number of aromatic nitrogens is 1. The maximum absolute atomic E-state index is 11.0. The molecule has 6 heteroatoms. The largest absolute Gasteiger partial charge is 0.477 e. The third kappa shape index (κ3) is 4.04. The summed E-state index contributed by atoms with van der Waals surface area (Å²) in [6.45, 7) is 4.78. The van der Waals surface area contributed by atoms with Crippen molar-refractivity contribution in [2.75, 3.05) is 18.0 Å². The van der Waals surface area contributed by atoms with Crippen molar-refractivity contribution in [1.82, 2.24) is 4.98 Å². The number of pyridine rings is 1. The summed E-state index contributed by atoms with van der Waals surface area (Å²) in [6, 6.07) is 3.04. The van der Waals surface area contributed by atoms with Crippen LogP contribution in [-0.2, 0) is 4.79 Å². The Labute approximate surface area is 105 Å². The Kier molecular flexibility index (Phi) is 4.65. The molecular weight excluding hydrogens is 234 g/mol. The van der Waals surface area contributed by atoms with E-state index in [1.807, 2.05) is 13.8 Å². The molecule has 1 aromatic heterocycles. The quantitative estimate of drug-likeness (QED) is 0.776. The van der Waals surface area contributed by atoms with Crippen molar-refractivity contribution in [3.8, 4) is 0 Å². The number of carbonyl (C=O) groups is 2. The van der Waals surface area contributed by atoms with Gasteiger partial charge in [0.15, 0.2) is 0 Å². The molecule has 0 saturated carbocycles. The first-order chi connectivity index (χ1) is 8.40. The number of amides is 1.